The lowest BCUT2D eigenvalue weighted by Crippen LogP contribution is -2.45. The molecule has 1 atom stereocenters. The zero-order valence-corrected chi connectivity index (χ0v) is 17.3. The minimum absolute atomic E-state index is 0.0405. The number of anilines is 1. The third-order valence-corrected chi connectivity index (χ3v) is 6.39. The molecule has 7 heteroatoms. The van der Waals surface area contributed by atoms with Gasteiger partial charge in [0, 0.05) is 45.6 Å². The summed E-state index contributed by atoms with van der Waals surface area (Å²) in [4.78, 5) is 31.5. The molecule has 0 radical (unpaired) electrons. The number of amides is 2. The maximum Gasteiger partial charge on any atom is 0.242 e. The summed E-state index contributed by atoms with van der Waals surface area (Å²) >= 11 is 0. The zero-order chi connectivity index (χ0) is 20.9. The van der Waals surface area contributed by atoms with Gasteiger partial charge in [0.25, 0.3) is 0 Å². The molecule has 2 aromatic heterocycles. The Morgan fingerprint density at radius 2 is 1.97 bits per heavy atom. The number of aromatic nitrogens is 2. The van der Waals surface area contributed by atoms with Gasteiger partial charge in [-0.05, 0) is 36.2 Å². The van der Waals surface area contributed by atoms with Crippen LogP contribution in [0.2, 0.25) is 0 Å². The number of carbonyl (C=O) groups is 2. The predicted octanol–water partition coefficient (Wildman–Crippen LogP) is 1.91. The molecule has 2 amide bonds. The minimum atomic E-state index is -0.582. The van der Waals surface area contributed by atoms with Gasteiger partial charge >= 0.3 is 0 Å². The Balaban J connectivity index is 1.44. The van der Waals surface area contributed by atoms with Crippen molar-refractivity contribution < 1.29 is 9.59 Å². The van der Waals surface area contributed by atoms with Gasteiger partial charge in [-0.2, -0.15) is 5.10 Å². The largest absolute Gasteiger partial charge is 0.347 e. The molecule has 1 unspecified atom stereocenters. The molecule has 1 aromatic carbocycles. The SMILES string of the molecule is CN(C)C(=O)CN1C(=O)C2(CCN(Cc3cccc4ccnn34)C2)c2ccccc21. The van der Waals surface area contributed by atoms with E-state index >= 15 is 0 Å². The van der Waals surface area contributed by atoms with Crippen LogP contribution >= 0.6 is 0 Å². The van der Waals surface area contributed by atoms with Gasteiger partial charge in [-0.15, -0.1) is 0 Å². The second kappa shape index (κ2) is 6.95. The summed E-state index contributed by atoms with van der Waals surface area (Å²) in [5.41, 5.74) is 3.50. The summed E-state index contributed by atoms with van der Waals surface area (Å²) in [6.07, 6.45) is 2.56. The first kappa shape index (κ1) is 18.8. The predicted molar refractivity (Wildman–Crippen MR) is 114 cm³/mol. The second-order valence-electron chi connectivity index (χ2n) is 8.42. The topological polar surface area (TPSA) is 61.2 Å². The Bertz CT molecular complexity index is 1140. The van der Waals surface area contributed by atoms with E-state index in [4.69, 9.17) is 0 Å². The van der Waals surface area contributed by atoms with E-state index in [1.165, 1.54) is 4.90 Å². The van der Waals surface area contributed by atoms with Gasteiger partial charge in [-0.1, -0.05) is 24.3 Å². The number of hydrogen-bond donors (Lipinski definition) is 0. The highest BCUT2D eigenvalue weighted by atomic mass is 16.2. The van der Waals surface area contributed by atoms with Crippen LogP contribution in [-0.2, 0) is 21.5 Å². The molecule has 3 aromatic rings. The number of likely N-dealkylation sites (tertiary alicyclic amines) is 1. The molecule has 0 saturated carbocycles. The number of nitrogens with zero attached hydrogens (tertiary/aromatic N) is 5. The van der Waals surface area contributed by atoms with E-state index in [2.05, 4.69) is 16.1 Å². The molecule has 0 aliphatic carbocycles. The quantitative estimate of drug-likeness (QED) is 0.668. The van der Waals surface area contributed by atoms with E-state index in [9.17, 15) is 9.59 Å². The number of carbonyl (C=O) groups excluding carboxylic acids is 2. The van der Waals surface area contributed by atoms with Gasteiger partial charge in [-0.25, -0.2) is 4.52 Å². The van der Waals surface area contributed by atoms with Crippen LogP contribution in [0.5, 0.6) is 0 Å². The summed E-state index contributed by atoms with van der Waals surface area (Å²) in [6.45, 7) is 2.28. The molecule has 154 valence electrons. The molecular formula is C23H25N5O2. The fourth-order valence-corrected chi connectivity index (χ4v) is 4.81. The molecule has 4 heterocycles. The van der Waals surface area contributed by atoms with Gasteiger partial charge in [0.05, 0.1) is 16.6 Å². The second-order valence-corrected chi connectivity index (χ2v) is 8.42. The first-order chi connectivity index (χ1) is 14.5. The Morgan fingerprint density at radius 1 is 1.13 bits per heavy atom. The maximum absolute atomic E-state index is 13.6. The van der Waals surface area contributed by atoms with Crippen LogP contribution in [0.4, 0.5) is 5.69 Å². The lowest BCUT2D eigenvalue weighted by atomic mass is 9.81. The van der Waals surface area contributed by atoms with Gasteiger partial charge in [0.15, 0.2) is 0 Å². The summed E-state index contributed by atoms with van der Waals surface area (Å²) < 4.78 is 1.96. The van der Waals surface area contributed by atoms with Crippen molar-refractivity contribution in [1.29, 1.82) is 0 Å². The van der Waals surface area contributed by atoms with Crippen LogP contribution < -0.4 is 4.90 Å². The van der Waals surface area contributed by atoms with Crippen molar-refractivity contribution in [3.8, 4) is 0 Å². The van der Waals surface area contributed by atoms with Crippen LogP contribution in [0.15, 0.2) is 54.7 Å². The highest BCUT2D eigenvalue weighted by Crippen LogP contribution is 2.47. The highest BCUT2D eigenvalue weighted by Gasteiger charge is 2.54. The van der Waals surface area contributed by atoms with Crippen molar-refractivity contribution >= 4 is 23.0 Å². The summed E-state index contributed by atoms with van der Waals surface area (Å²) in [5.74, 6) is -0.0332. The van der Waals surface area contributed by atoms with Crippen molar-refractivity contribution in [1.82, 2.24) is 19.4 Å². The number of rotatable bonds is 4. The van der Waals surface area contributed by atoms with Gasteiger partial charge in [0.2, 0.25) is 11.8 Å². The molecule has 5 rings (SSSR count). The number of likely N-dealkylation sites (N-methyl/N-ethyl adjacent to an activating group) is 1. The molecule has 2 aliphatic rings. The third-order valence-electron chi connectivity index (χ3n) is 6.39. The Morgan fingerprint density at radius 3 is 2.80 bits per heavy atom. The van der Waals surface area contributed by atoms with Crippen molar-refractivity contribution in [2.45, 2.75) is 18.4 Å². The molecule has 0 bridgehead atoms. The lowest BCUT2D eigenvalue weighted by molar-refractivity contribution is -0.130. The Labute approximate surface area is 175 Å². The molecule has 1 fully saturated rings. The zero-order valence-electron chi connectivity index (χ0n) is 17.3. The average Bonchev–Trinajstić information content (AvgIpc) is 3.44. The standard InChI is InChI=1S/C23H25N5O2/c1-25(2)21(29)15-27-20-9-4-3-8-19(20)23(22(27)30)11-13-26(16-23)14-18-7-5-6-17-10-12-24-28(17)18/h3-10,12H,11,13-16H2,1-2H3. The minimum Gasteiger partial charge on any atom is -0.347 e. The van der Waals surface area contributed by atoms with E-state index in [1.54, 1.807) is 25.2 Å². The summed E-state index contributed by atoms with van der Waals surface area (Å²) in [6, 6.07) is 16.1. The van der Waals surface area contributed by atoms with E-state index in [1.807, 2.05) is 47.0 Å². The lowest BCUT2D eigenvalue weighted by Gasteiger charge is -2.25. The number of benzene rings is 1. The number of fused-ring (bicyclic) bond motifs is 3. The fraction of sp³-hybridized carbons (Fsp3) is 0.348. The van der Waals surface area contributed by atoms with Crippen LogP contribution in [0, 0.1) is 0 Å². The highest BCUT2D eigenvalue weighted by molar-refractivity contribution is 6.11. The average molecular weight is 403 g/mol. The van der Waals surface area contributed by atoms with Crippen molar-refractivity contribution in [3.05, 3.63) is 66.0 Å². The van der Waals surface area contributed by atoms with E-state index in [-0.39, 0.29) is 18.4 Å². The summed E-state index contributed by atoms with van der Waals surface area (Å²) in [5, 5.41) is 4.43. The van der Waals surface area contributed by atoms with E-state index < -0.39 is 5.41 Å². The molecular weight excluding hydrogens is 378 g/mol. The fourth-order valence-electron chi connectivity index (χ4n) is 4.81. The number of hydrogen-bond acceptors (Lipinski definition) is 4. The number of pyridine rings is 1. The van der Waals surface area contributed by atoms with E-state index in [0.717, 1.165) is 42.0 Å². The van der Waals surface area contributed by atoms with Crippen LogP contribution in [0.25, 0.3) is 5.52 Å². The normalized spacial score (nSPS) is 21.0. The van der Waals surface area contributed by atoms with Crippen molar-refractivity contribution in [3.63, 3.8) is 0 Å². The third kappa shape index (κ3) is 2.81. The maximum atomic E-state index is 13.6. The van der Waals surface area contributed by atoms with Gasteiger partial charge in [-0.3, -0.25) is 14.5 Å². The van der Waals surface area contributed by atoms with Gasteiger partial charge in [0.1, 0.15) is 6.54 Å². The Kier molecular flexibility index (Phi) is 4.36. The van der Waals surface area contributed by atoms with E-state index in [0.29, 0.717) is 6.54 Å². The molecule has 30 heavy (non-hydrogen) atoms. The van der Waals surface area contributed by atoms with Crippen LogP contribution in [0.1, 0.15) is 17.7 Å². The Hall–Kier alpha value is -3.19. The molecule has 2 aliphatic heterocycles. The van der Waals surface area contributed by atoms with Crippen LogP contribution in [0.3, 0.4) is 0 Å². The summed E-state index contributed by atoms with van der Waals surface area (Å²) in [7, 11) is 3.44. The monoisotopic (exact) mass is 403 g/mol. The molecule has 7 nitrogen and oxygen atoms in total. The first-order valence-electron chi connectivity index (χ1n) is 10.3. The van der Waals surface area contributed by atoms with Gasteiger partial charge < -0.3 is 9.80 Å². The number of para-hydroxylation sites is 1. The van der Waals surface area contributed by atoms with Crippen LogP contribution in [-0.4, -0.2) is 65.0 Å². The first-order valence-corrected chi connectivity index (χ1v) is 10.3. The molecule has 0 N–H and O–H groups in total. The smallest absolute Gasteiger partial charge is 0.242 e. The van der Waals surface area contributed by atoms with Crippen molar-refractivity contribution in [2.24, 2.45) is 0 Å². The van der Waals surface area contributed by atoms with Crippen molar-refractivity contribution in [2.75, 3.05) is 38.6 Å². The molecule has 1 saturated heterocycles. The molecule has 1 spiro atoms.